The van der Waals surface area contributed by atoms with Crippen molar-refractivity contribution in [1.29, 1.82) is 0 Å². The van der Waals surface area contributed by atoms with E-state index in [9.17, 15) is 4.39 Å². The Balaban J connectivity index is 2.03. The average Bonchev–Trinajstić information content (AvgIpc) is 2.46. The molecule has 20 heavy (non-hydrogen) atoms. The number of hydrogen-bond donors (Lipinski definition) is 0. The van der Waals surface area contributed by atoms with Gasteiger partial charge in [-0.3, -0.25) is 0 Å². The van der Waals surface area contributed by atoms with Gasteiger partial charge in [0, 0.05) is 5.56 Å². The number of aryl methyl sites for hydroxylation is 1. The summed E-state index contributed by atoms with van der Waals surface area (Å²) in [5, 5.41) is 7.74. The van der Waals surface area contributed by atoms with Gasteiger partial charge in [0.1, 0.15) is 11.6 Å². The summed E-state index contributed by atoms with van der Waals surface area (Å²) in [7, 11) is 1.61. The molecule has 0 unspecified atom stereocenters. The van der Waals surface area contributed by atoms with Crippen molar-refractivity contribution in [3.8, 4) is 5.75 Å². The van der Waals surface area contributed by atoms with Gasteiger partial charge in [0.25, 0.3) is 0 Å². The van der Waals surface area contributed by atoms with Crippen molar-refractivity contribution in [2.45, 2.75) is 6.92 Å². The van der Waals surface area contributed by atoms with Crippen molar-refractivity contribution in [3.05, 3.63) is 65.0 Å². The van der Waals surface area contributed by atoms with Crippen LogP contribution in [0.2, 0.25) is 0 Å². The predicted molar refractivity (Wildman–Crippen MR) is 79.3 cm³/mol. The number of methoxy groups -OCH3 is 1. The predicted octanol–water partition coefficient (Wildman–Crippen LogP) is 3.60. The molecule has 3 nitrogen and oxygen atoms in total. The van der Waals surface area contributed by atoms with E-state index >= 15 is 0 Å². The maximum atomic E-state index is 13.5. The molecule has 0 aliphatic rings. The lowest BCUT2D eigenvalue weighted by Crippen LogP contribution is -1.88. The van der Waals surface area contributed by atoms with Gasteiger partial charge >= 0.3 is 0 Å². The molecule has 0 fully saturated rings. The molecular weight excluding hydrogens is 255 g/mol. The van der Waals surface area contributed by atoms with Crippen LogP contribution in [0.15, 0.2) is 52.7 Å². The van der Waals surface area contributed by atoms with E-state index in [2.05, 4.69) is 10.2 Å². The molecule has 0 aliphatic carbocycles. The standard InChI is InChI=1S/C16H15FN2O/c1-12-3-6-14(16(17)9-12)11-19-18-10-13-4-7-15(20-2)8-5-13/h3-11H,1-2H3. The van der Waals surface area contributed by atoms with Crippen LogP contribution in [-0.2, 0) is 0 Å². The molecule has 0 heterocycles. The highest BCUT2D eigenvalue weighted by Crippen LogP contribution is 2.10. The third-order valence-corrected chi connectivity index (χ3v) is 2.74. The summed E-state index contributed by atoms with van der Waals surface area (Å²) in [6.07, 6.45) is 3.00. The van der Waals surface area contributed by atoms with E-state index in [1.807, 2.05) is 37.3 Å². The SMILES string of the molecule is COc1ccc(C=NN=Cc2ccc(C)cc2F)cc1. The normalized spacial score (nSPS) is 11.3. The first-order valence-electron chi connectivity index (χ1n) is 6.15. The van der Waals surface area contributed by atoms with Crippen molar-refractivity contribution in [1.82, 2.24) is 0 Å². The fourth-order valence-corrected chi connectivity index (χ4v) is 1.62. The van der Waals surface area contributed by atoms with Crippen LogP contribution < -0.4 is 4.74 Å². The summed E-state index contributed by atoms with van der Waals surface area (Å²) < 4.78 is 18.6. The van der Waals surface area contributed by atoms with Crippen molar-refractivity contribution in [2.75, 3.05) is 7.11 Å². The maximum absolute atomic E-state index is 13.5. The lowest BCUT2D eigenvalue weighted by molar-refractivity contribution is 0.415. The summed E-state index contributed by atoms with van der Waals surface area (Å²) in [6, 6.07) is 12.4. The third kappa shape index (κ3) is 3.75. The molecule has 0 saturated carbocycles. The fraction of sp³-hybridized carbons (Fsp3) is 0.125. The highest BCUT2D eigenvalue weighted by molar-refractivity contribution is 5.83. The van der Waals surface area contributed by atoms with E-state index in [-0.39, 0.29) is 5.82 Å². The zero-order valence-corrected chi connectivity index (χ0v) is 11.4. The van der Waals surface area contributed by atoms with E-state index in [0.717, 1.165) is 16.9 Å². The fourth-order valence-electron chi connectivity index (χ4n) is 1.62. The van der Waals surface area contributed by atoms with Crippen molar-refractivity contribution in [3.63, 3.8) is 0 Å². The monoisotopic (exact) mass is 270 g/mol. The first-order valence-corrected chi connectivity index (χ1v) is 6.15. The molecule has 0 spiro atoms. The number of halogens is 1. The molecule has 0 aromatic heterocycles. The topological polar surface area (TPSA) is 34.0 Å². The van der Waals surface area contributed by atoms with Gasteiger partial charge in [0.05, 0.1) is 19.5 Å². The Morgan fingerprint density at radius 2 is 1.70 bits per heavy atom. The lowest BCUT2D eigenvalue weighted by atomic mass is 10.1. The largest absolute Gasteiger partial charge is 0.497 e. The van der Waals surface area contributed by atoms with Crippen LogP contribution >= 0.6 is 0 Å². The van der Waals surface area contributed by atoms with E-state index in [1.54, 1.807) is 19.4 Å². The van der Waals surface area contributed by atoms with Gasteiger partial charge in [-0.15, -0.1) is 0 Å². The van der Waals surface area contributed by atoms with Gasteiger partial charge in [0.15, 0.2) is 0 Å². The molecule has 0 aliphatic heterocycles. The average molecular weight is 270 g/mol. The van der Waals surface area contributed by atoms with Gasteiger partial charge in [-0.1, -0.05) is 12.1 Å². The molecule has 0 N–H and O–H groups in total. The smallest absolute Gasteiger partial charge is 0.132 e. The van der Waals surface area contributed by atoms with Crippen LogP contribution in [0.25, 0.3) is 0 Å². The van der Waals surface area contributed by atoms with Crippen LogP contribution in [-0.4, -0.2) is 19.5 Å². The molecule has 2 aromatic carbocycles. The second kappa shape index (κ2) is 6.61. The zero-order valence-electron chi connectivity index (χ0n) is 11.4. The molecule has 4 heteroatoms. The summed E-state index contributed by atoms with van der Waals surface area (Å²) in [4.78, 5) is 0. The van der Waals surface area contributed by atoms with E-state index in [0.29, 0.717) is 5.56 Å². The lowest BCUT2D eigenvalue weighted by Gasteiger charge is -1.98. The van der Waals surface area contributed by atoms with Crippen LogP contribution in [0.4, 0.5) is 4.39 Å². The van der Waals surface area contributed by atoms with Crippen LogP contribution in [0.1, 0.15) is 16.7 Å². The highest BCUT2D eigenvalue weighted by atomic mass is 19.1. The molecule has 2 aromatic rings. The molecule has 0 saturated heterocycles. The maximum Gasteiger partial charge on any atom is 0.132 e. The number of hydrogen-bond acceptors (Lipinski definition) is 3. The summed E-state index contributed by atoms with van der Waals surface area (Å²) in [5.74, 6) is 0.487. The number of nitrogens with zero attached hydrogens (tertiary/aromatic N) is 2. The van der Waals surface area contributed by atoms with Gasteiger partial charge < -0.3 is 4.74 Å². The summed E-state index contributed by atoms with van der Waals surface area (Å²) >= 11 is 0. The Morgan fingerprint density at radius 3 is 2.35 bits per heavy atom. The second-order valence-corrected chi connectivity index (χ2v) is 4.29. The minimum absolute atomic E-state index is 0.298. The van der Waals surface area contributed by atoms with Crippen molar-refractivity contribution >= 4 is 12.4 Å². The summed E-state index contributed by atoms with van der Waals surface area (Å²) in [5.41, 5.74) is 2.19. The third-order valence-electron chi connectivity index (χ3n) is 2.74. The minimum Gasteiger partial charge on any atom is -0.497 e. The van der Waals surface area contributed by atoms with Crippen molar-refractivity contribution < 1.29 is 9.13 Å². The van der Waals surface area contributed by atoms with Gasteiger partial charge in [-0.25, -0.2) is 4.39 Å². The van der Waals surface area contributed by atoms with Gasteiger partial charge in [0.2, 0.25) is 0 Å². The first kappa shape index (κ1) is 13.9. The van der Waals surface area contributed by atoms with E-state index in [1.165, 1.54) is 12.3 Å². The Morgan fingerprint density at radius 1 is 1.00 bits per heavy atom. The highest BCUT2D eigenvalue weighted by Gasteiger charge is 1.98. The Kier molecular flexibility index (Phi) is 4.60. The number of ether oxygens (including phenoxy) is 1. The van der Waals surface area contributed by atoms with Crippen LogP contribution in [0.5, 0.6) is 5.75 Å². The summed E-state index contributed by atoms with van der Waals surface area (Å²) in [6.45, 7) is 1.84. The zero-order chi connectivity index (χ0) is 14.4. The minimum atomic E-state index is -0.298. The first-order chi connectivity index (χ1) is 9.69. The Bertz CT molecular complexity index is 633. The Hall–Kier alpha value is -2.49. The van der Waals surface area contributed by atoms with E-state index in [4.69, 9.17) is 4.74 Å². The molecule has 102 valence electrons. The van der Waals surface area contributed by atoms with Gasteiger partial charge in [-0.2, -0.15) is 10.2 Å². The van der Waals surface area contributed by atoms with Crippen LogP contribution in [0, 0.1) is 12.7 Å². The molecule has 2 rings (SSSR count). The van der Waals surface area contributed by atoms with Crippen LogP contribution in [0.3, 0.4) is 0 Å². The Labute approximate surface area is 117 Å². The molecule has 0 atom stereocenters. The van der Waals surface area contributed by atoms with Gasteiger partial charge in [-0.05, 0) is 48.4 Å². The second-order valence-electron chi connectivity index (χ2n) is 4.29. The quantitative estimate of drug-likeness (QED) is 0.617. The molecule has 0 amide bonds. The number of benzene rings is 2. The molecular formula is C16H15FN2O. The number of rotatable bonds is 4. The molecule has 0 bridgehead atoms. The van der Waals surface area contributed by atoms with E-state index < -0.39 is 0 Å². The van der Waals surface area contributed by atoms with Crippen molar-refractivity contribution in [2.24, 2.45) is 10.2 Å². The molecule has 0 radical (unpaired) electrons.